The molecule has 5 heteroatoms. The van der Waals surface area contributed by atoms with Crippen molar-refractivity contribution in [2.45, 2.75) is 44.8 Å². The van der Waals surface area contributed by atoms with E-state index < -0.39 is 0 Å². The topological polar surface area (TPSA) is 55.6 Å². The highest BCUT2D eigenvalue weighted by atomic mass is 32.1. The SMILES string of the molecule is NCC1(C(=O)N(Cc2cccs2)CC2CCCO2)CCC1. The monoisotopic (exact) mass is 308 g/mol. The minimum absolute atomic E-state index is 0.198. The smallest absolute Gasteiger partial charge is 0.230 e. The summed E-state index contributed by atoms with van der Waals surface area (Å²) in [7, 11) is 0. The summed E-state index contributed by atoms with van der Waals surface area (Å²) in [5, 5.41) is 2.06. The molecule has 3 rings (SSSR count). The Kier molecular flexibility index (Phi) is 4.62. The average Bonchev–Trinajstić information content (AvgIpc) is 3.10. The van der Waals surface area contributed by atoms with Gasteiger partial charge < -0.3 is 15.4 Å². The predicted octanol–water partition coefficient (Wildman–Crippen LogP) is 2.38. The van der Waals surface area contributed by atoms with Crippen molar-refractivity contribution in [2.24, 2.45) is 11.1 Å². The van der Waals surface area contributed by atoms with Gasteiger partial charge in [0.15, 0.2) is 0 Å². The van der Waals surface area contributed by atoms with Crippen molar-refractivity contribution in [3.63, 3.8) is 0 Å². The average molecular weight is 308 g/mol. The molecule has 0 radical (unpaired) electrons. The number of carbonyl (C=O) groups is 1. The van der Waals surface area contributed by atoms with Gasteiger partial charge in [0.05, 0.1) is 18.1 Å². The number of hydrogen-bond acceptors (Lipinski definition) is 4. The van der Waals surface area contributed by atoms with Crippen LogP contribution in [0.4, 0.5) is 0 Å². The van der Waals surface area contributed by atoms with Crippen molar-refractivity contribution in [1.29, 1.82) is 0 Å². The van der Waals surface area contributed by atoms with Crippen LogP contribution >= 0.6 is 11.3 Å². The van der Waals surface area contributed by atoms with Gasteiger partial charge in [-0.1, -0.05) is 12.5 Å². The van der Waals surface area contributed by atoms with Gasteiger partial charge >= 0.3 is 0 Å². The molecule has 1 saturated carbocycles. The Bertz CT molecular complexity index is 459. The second-order valence-electron chi connectivity index (χ2n) is 6.24. The zero-order chi connectivity index (χ0) is 14.7. The van der Waals surface area contributed by atoms with Gasteiger partial charge in [0.1, 0.15) is 0 Å². The second-order valence-corrected chi connectivity index (χ2v) is 7.27. The molecule has 4 nitrogen and oxygen atoms in total. The van der Waals surface area contributed by atoms with Crippen LogP contribution in [0.15, 0.2) is 17.5 Å². The predicted molar refractivity (Wildman–Crippen MR) is 84.0 cm³/mol. The van der Waals surface area contributed by atoms with Gasteiger partial charge in [0, 0.05) is 24.6 Å². The quantitative estimate of drug-likeness (QED) is 0.878. The molecule has 1 atom stereocenters. The minimum atomic E-state index is -0.296. The molecule has 1 unspecified atom stereocenters. The number of nitrogens with zero attached hydrogens (tertiary/aromatic N) is 1. The van der Waals surface area contributed by atoms with E-state index in [-0.39, 0.29) is 17.4 Å². The van der Waals surface area contributed by atoms with E-state index in [2.05, 4.69) is 11.4 Å². The zero-order valence-corrected chi connectivity index (χ0v) is 13.2. The van der Waals surface area contributed by atoms with Gasteiger partial charge in [-0.25, -0.2) is 0 Å². The fourth-order valence-corrected chi connectivity index (χ4v) is 4.01. The van der Waals surface area contributed by atoms with Crippen LogP contribution in [0.1, 0.15) is 37.0 Å². The molecule has 21 heavy (non-hydrogen) atoms. The van der Waals surface area contributed by atoms with Crippen LogP contribution < -0.4 is 5.73 Å². The second kappa shape index (κ2) is 6.46. The fourth-order valence-electron chi connectivity index (χ4n) is 3.29. The maximum absolute atomic E-state index is 13.0. The first-order valence-corrected chi connectivity index (χ1v) is 8.75. The van der Waals surface area contributed by atoms with Gasteiger partial charge in [-0.2, -0.15) is 0 Å². The number of nitrogens with two attached hydrogens (primary N) is 1. The largest absolute Gasteiger partial charge is 0.376 e. The summed E-state index contributed by atoms with van der Waals surface area (Å²) in [4.78, 5) is 16.2. The molecular weight excluding hydrogens is 284 g/mol. The first-order valence-electron chi connectivity index (χ1n) is 7.87. The van der Waals surface area contributed by atoms with E-state index in [0.717, 1.165) is 38.7 Å². The first kappa shape index (κ1) is 15.0. The molecule has 2 heterocycles. The van der Waals surface area contributed by atoms with Crippen LogP contribution in [0.25, 0.3) is 0 Å². The third kappa shape index (κ3) is 3.15. The van der Waals surface area contributed by atoms with Crippen molar-refractivity contribution in [2.75, 3.05) is 19.7 Å². The van der Waals surface area contributed by atoms with Crippen LogP contribution in [-0.2, 0) is 16.1 Å². The third-order valence-corrected chi connectivity index (χ3v) is 5.68. The van der Waals surface area contributed by atoms with Gasteiger partial charge in [-0.3, -0.25) is 4.79 Å². The standard InChI is InChI=1S/C16H24N2O2S/c17-12-16(6-3-7-16)15(19)18(10-13-4-1-8-20-13)11-14-5-2-9-21-14/h2,5,9,13H,1,3-4,6-8,10-12,17H2. The molecule has 2 fully saturated rings. The van der Waals surface area contributed by atoms with Gasteiger partial charge in [-0.15, -0.1) is 11.3 Å². The van der Waals surface area contributed by atoms with E-state index in [1.165, 1.54) is 4.88 Å². The van der Waals surface area contributed by atoms with E-state index in [4.69, 9.17) is 10.5 Å². The van der Waals surface area contributed by atoms with Gasteiger partial charge in [-0.05, 0) is 37.1 Å². The molecular formula is C16H24N2O2S. The Balaban J connectivity index is 1.72. The Labute approximate surface area is 130 Å². The molecule has 1 aliphatic heterocycles. The lowest BCUT2D eigenvalue weighted by Crippen LogP contribution is -2.53. The maximum atomic E-state index is 13.0. The molecule has 2 N–H and O–H groups in total. The summed E-state index contributed by atoms with van der Waals surface area (Å²) in [6.45, 7) is 2.70. The molecule has 1 aromatic heterocycles. The van der Waals surface area contributed by atoms with Crippen molar-refractivity contribution in [3.8, 4) is 0 Å². The van der Waals surface area contributed by atoms with Gasteiger partial charge in [0.2, 0.25) is 5.91 Å². The number of amides is 1. The third-order valence-electron chi connectivity index (χ3n) is 4.82. The van der Waals surface area contributed by atoms with Crippen molar-refractivity contribution < 1.29 is 9.53 Å². The molecule has 0 aromatic carbocycles. The Hall–Kier alpha value is -0.910. The summed E-state index contributed by atoms with van der Waals surface area (Å²) in [5.41, 5.74) is 5.62. The minimum Gasteiger partial charge on any atom is -0.376 e. The fraction of sp³-hybridized carbons (Fsp3) is 0.688. The number of thiophene rings is 1. The molecule has 0 bridgehead atoms. The van der Waals surface area contributed by atoms with E-state index in [1.54, 1.807) is 11.3 Å². The molecule has 1 saturated heterocycles. The van der Waals surface area contributed by atoms with Crippen molar-refractivity contribution in [3.05, 3.63) is 22.4 Å². The maximum Gasteiger partial charge on any atom is 0.230 e. The van der Waals surface area contributed by atoms with Crippen molar-refractivity contribution >= 4 is 17.2 Å². The summed E-state index contributed by atoms with van der Waals surface area (Å²) in [6.07, 6.45) is 5.36. The van der Waals surface area contributed by atoms with Crippen LogP contribution in [-0.4, -0.2) is 36.6 Å². The first-order chi connectivity index (χ1) is 10.2. The van der Waals surface area contributed by atoms with Crippen LogP contribution in [0.3, 0.4) is 0 Å². The number of hydrogen-bond donors (Lipinski definition) is 1. The zero-order valence-electron chi connectivity index (χ0n) is 12.4. The lowest BCUT2D eigenvalue weighted by molar-refractivity contribution is -0.149. The Morgan fingerprint density at radius 3 is 2.86 bits per heavy atom. The highest BCUT2D eigenvalue weighted by molar-refractivity contribution is 7.09. The Morgan fingerprint density at radius 2 is 2.33 bits per heavy atom. The lowest BCUT2D eigenvalue weighted by atomic mass is 9.67. The Morgan fingerprint density at radius 1 is 1.48 bits per heavy atom. The van der Waals surface area contributed by atoms with E-state index >= 15 is 0 Å². The summed E-state index contributed by atoms with van der Waals surface area (Å²) >= 11 is 1.70. The van der Waals surface area contributed by atoms with Crippen LogP contribution in [0, 0.1) is 5.41 Å². The number of rotatable bonds is 6. The number of ether oxygens (including phenoxy) is 1. The molecule has 1 amide bonds. The molecule has 116 valence electrons. The van der Waals surface area contributed by atoms with Crippen LogP contribution in [0.2, 0.25) is 0 Å². The summed E-state index contributed by atoms with van der Waals surface area (Å²) in [5.74, 6) is 0.236. The highest BCUT2D eigenvalue weighted by Gasteiger charge is 2.45. The highest BCUT2D eigenvalue weighted by Crippen LogP contribution is 2.42. The molecule has 1 aliphatic carbocycles. The van der Waals surface area contributed by atoms with Crippen molar-refractivity contribution in [1.82, 2.24) is 4.90 Å². The summed E-state index contributed by atoms with van der Waals surface area (Å²) in [6, 6.07) is 4.13. The van der Waals surface area contributed by atoms with E-state index in [0.29, 0.717) is 19.6 Å². The normalized spacial score (nSPS) is 23.8. The van der Waals surface area contributed by atoms with E-state index in [9.17, 15) is 4.79 Å². The van der Waals surface area contributed by atoms with Crippen LogP contribution in [0.5, 0.6) is 0 Å². The number of carbonyl (C=O) groups excluding carboxylic acids is 1. The molecule has 2 aliphatic rings. The summed E-state index contributed by atoms with van der Waals surface area (Å²) < 4.78 is 5.73. The lowest BCUT2D eigenvalue weighted by Gasteiger charge is -2.43. The van der Waals surface area contributed by atoms with E-state index in [1.807, 2.05) is 11.0 Å². The van der Waals surface area contributed by atoms with Gasteiger partial charge in [0.25, 0.3) is 0 Å². The molecule has 1 aromatic rings. The molecule has 0 spiro atoms.